The molecule has 7 nitrogen and oxygen atoms in total. The van der Waals surface area contributed by atoms with Crippen LogP contribution in [0.25, 0.3) is 16.5 Å². The molecule has 0 radical (unpaired) electrons. The number of nitrogens with one attached hydrogen (secondary N) is 1. The van der Waals surface area contributed by atoms with Gasteiger partial charge >= 0.3 is 0 Å². The maximum absolute atomic E-state index is 15.9. The van der Waals surface area contributed by atoms with Crippen LogP contribution in [0.1, 0.15) is 59.4 Å². The molecule has 0 bridgehead atoms. The number of carbonyl (C=O) groups excluding carboxylic acids is 1. The number of aromatic nitrogens is 2. The van der Waals surface area contributed by atoms with Gasteiger partial charge in [-0.3, -0.25) is 9.59 Å². The Morgan fingerprint density at radius 1 is 1.31 bits per heavy atom. The number of fused-ring (bicyclic) bond motifs is 1. The summed E-state index contributed by atoms with van der Waals surface area (Å²) in [6.07, 6.45) is 3.16. The fraction of sp³-hybridized carbons (Fsp3) is 0.407. The van der Waals surface area contributed by atoms with Crippen LogP contribution < -0.4 is 10.9 Å². The Kier molecular flexibility index (Phi) is 8.22. The van der Waals surface area contributed by atoms with E-state index in [2.05, 4.69) is 15.5 Å². The number of amides is 1. The Labute approximate surface area is 208 Å². The molecule has 1 amide bonds. The molecule has 192 valence electrons. The van der Waals surface area contributed by atoms with Crippen LogP contribution in [0.2, 0.25) is 0 Å². The number of carbonyl (C=O) groups is 1. The summed E-state index contributed by atoms with van der Waals surface area (Å²) in [7, 11) is 1.58. The normalized spacial score (nSPS) is 19.7. The highest BCUT2D eigenvalue weighted by Gasteiger charge is 2.43. The van der Waals surface area contributed by atoms with Crippen molar-refractivity contribution < 1.29 is 18.8 Å². The van der Waals surface area contributed by atoms with Crippen LogP contribution in [0.15, 0.2) is 56.9 Å². The van der Waals surface area contributed by atoms with Crippen molar-refractivity contribution in [1.82, 2.24) is 9.55 Å². The first-order chi connectivity index (χ1) is 17.1. The molecule has 3 rings (SSSR count). The van der Waals surface area contributed by atoms with Gasteiger partial charge in [0.05, 0.1) is 17.1 Å². The Bertz CT molecular complexity index is 1390. The second-order valence-corrected chi connectivity index (χ2v) is 8.95. The number of halogens is 2. The van der Waals surface area contributed by atoms with Gasteiger partial charge in [-0.1, -0.05) is 30.7 Å². The number of oxime groups is 1. The lowest BCUT2D eigenvalue weighted by Gasteiger charge is -2.16. The third-order valence-corrected chi connectivity index (χ3v) is 6.64. The zero-order valence-electron chi connectivity index (χ0n) is 21.4. The minimum Gasteiger partial charge on any atom is -0.411 e. The monoisotopic (exact) mass is 498 g/mol. The van der Waals surface area contributed by atoms with Gasteiger partial charge in [-0.15, -0.1) is 0 Å². The number of allylic oxidation sites excluding steroid dienone is 6. The number of aryl methyl sites for hydroxylation is 1. The van der Waals surface area contributed by atoms with Crippen molar-refractivity contribution in [3.05, 3.63) is 62.9 Å². The van der Waals surface area contributed by atoms with Gasteiger partial charge in [0.1, 0.15) is 17.8 Å². The van der Waals surface area contributed by atoms with Crippen molar-refractivity contribution in [1.29, 1.82) is 0 Å². The average Bonchev–Trinajstić information content (AvgIpc) is 3.61. The molecule has 1 saturated carbocycles. The van der Waals surface area contributed by atoms with E-state index in [1.54, 1.807) is 53.0 Å². The van der Waals surface area contributed by atoms with Crippen LogP contribution in [0.3, 0.4) is 0 Å². The highest BCUT2D eigenvalue weighted by atomic mass is 19.1. The number of rotatable bonds is 8. The lowest BCUT2D eigenvalue weighted by molar-refractivity contribution is -0.117. The quantitative estimate of drug-likeness (QED) is 0.207. The molecule has 1 unspecified atom stereocenters. The fourth-order valence-corrected chi connectivity index (χ4v) is 4.19. The predicted octanol–water partition coefficient (Wildman–Crippen LogP) is 5.84. The molecule has 0 spiro atoms. The van der Waals surface area contributed by atoms with E-state index in [4.69, 9.17) is 0 Å². The number of hydrogen-bond acceptors (Lipinski definition) is 5. The summed E-state index contributed by atoms with van der Waals surface area (Å²) in [6, 6.07) is 3.20. The van der Waals surface area contributed by atoms with E-state index >= 15 is 4.39 Å². The van der Waals surface area contributed by atoms with Crippen molar-refractivity contribution in [3.8, 4) is 0 Å². The van der Waals surface area contributed by atoms with Crippen LogP contribution in [0, 0.1) is 5.92 Å². The van der Waals surface area contributed by atoms with E-state index < -0.39 is 23.8 Å². The van der Waals surface area contributed by atoms with Crippen molar-refractivity contribution >= 4 is 33.9 Å². The van der Waals surface area contributed by atoms with Crippen molar-refractivity contribution in [2.75, 3.05) is 5.32 Å². The van der Waals surface area contributed by atoms with E-state index in [0.717, 1.165) is 5.57 Å². The van der Waals surface area contributed by atoms with Gasteiger partial charge in [0.25, 0.3) is 5.56 Å². The smallest absolute Gasteiger partial charge is 0.258 e. The molecular formula is C27H32F2N4O3. The highest BCUT2D eigenvalue weighted by molar-refractivity contribution is 6.04. The van der Waals surface area contributed by atoms with Crippen LogP contribution in [0.5, 0.6) is 0 Å². The molecule has 0 aromatic carbocycles. The molecule has 1 aliphatic rings. The summed E-state index contributed by atoms with van der Waals surface area (Å²) < 4.78 is 30.5. The minimum absolute atomic E-state index is 0.204. The molecule has 2 N–H and O–H groups in total. The number of nitrogens with zero attached hydrogens (tertiary/aromatic N) is 3. The SMILES string of the molecule is C\C=C(/C(C)=C(F)\C(C(\CC)=N\O)=C(/C)CC)c1cc2cnc(NC(=O)[C@H]3CC3F)cc2n(C)c1=O. The fourth-order valence-electron chi connectivity index (χ4n) is 4.19. The summed E-state index contributed by atoms with van der Waals surface area (Å²) >= 11 is 0. The van der Waals surface area contributed by atoms with Gasteiger partial charge < -0.3 is 15.1 Å². The predicted molar refractivity (Wildman–Crippen MR) is 139 cm³/mol. The molecule has 1 aliphatic carbocycles. The first kappa shape index (κ1) is 27.0. The topological polar surface area (TPSA) is 96.6 Å². The number of alkyl halides is 1. The zero-order valence-corrected chi connectivity index (χ0v) is 21.4. The van der Waals surface area contributed by atoms with Gasteiger partial charge in [0.15, 0.2) is 0 Å². The van der Waals surface area contributed by atoms with Crippen LogP contribution >= 0.6 is 0 Å². The summed E-state index contributed by atoms with van der Waals surface area (Å²) in [5.41, 5.74) is 2.29. The van der Waals surface area contributed by atoms with Gasteiger partial charge in [-0.2, -0.15) is 0 Å². The molecule has 0 saturated heterocycles. The van der Waals surface area contributed by atoms with Crippen LogP contribution in [-0.4, -0.2) is 32.5 Å². The zero-order chi connectivity index (χ0) is 26.7. The maximum atomic E-state index is 15.9. The third-order valence-electron chi connectivity index (χ3n) is 6.64. The number of pyridine rings is 2. The van der Waals surface area contributed by atoms with E-state index in [-0.39, 0.29) is 40.2 Å². The second-order valence-electron chi connectivity index (χ2n) is 8.95. The lowest BCUT2D eigenvalue weighted by Crippen LogP contribution is -2.22. The molecule has 2 heterocycles. The summed E-state index contributed by atoms with van der Waals surface area (Å²) in [5.74, 6) is -1.42. The second kappa shape index (κ2) is 11.0. The first-order valence-electron chi connectivity index (χ1n) is 12.0. The van der Waals surface area contributed by atoms with Crippen molar-refractivity contribution in [2.45, 2.75) is 60.1 Å². The molecular weight excluding hydrogens is 466 g/mol. The summed E-state index contributed by atoms with van der Waals surface area (Å²) in [5, 5.41) is 16.0. The average molecular weight is 499 g/mol. The van der Waals surface area contributed by atoms with Gasteiger partial charge in [-0.25, -0.2) is 13.8 Å². The molecule has 2 aromatic heterocycles. The highest BCUT2D eigenvalue weighted by Crippen LogP contribution is 2.35. The van der Waals surface area contributed by atoms with Gasteiger partial charge in [0.2, 0.25) is 5.91 Å². The lowest BCUT2D eigenvalue weighted by atomic mass is 9.92. The number of hydrogen-bond donors (Lipinski definition) is 2. The van der Waals surface area contributed by atoms with E-state index in [0.29, 0.717) is 29.3 Å². The van der Waals surface area contributed by atoms with E-state index in [1.165, 1.54) is 10.8 Å². The molecule has 36 heavy (non-hydrogen) atoms. The Morgan fingerprint density at radius 2 is 1.97 bits per heavy atom. The molecule has 2 aromatic rings. The van der Waals surface area contributed by atoms with Crippen molar-refractivity contribution in [3.63, 3.8) is 0 Å². The molecule has 1 fully saturated rings. The summed E-state index contributed by atoms with van der Waals surface area (Å²) in [6.45, 7) is 8.77. The Hall–Kier alpha value is -3.62. The minimum atomic E-state index is -1.12. The van der Waals surface area contributed by atoms with Gasteiger partial charge in [-0.05, 0) is 57.2 Å². The Balaban J connectivity index is 2.10. The molecule has 0 aliphatic heterocycles. The van der Waals surface area contributed by atoms with E-state index in [9.17, 15) is 19.2 Å². The number of anilines is 1. The maximum Gasteiger partial charge on any atom is 0.258 e. The molecule has 2 atom stereocenters. The van der Waals surface area contributed by atoms with E-state index in [1.807, 2.05) is 6.92 Å². The summed E-state index contributed by atoms with van der Waals surface area (Å²) in [4.78, 5) is 29.7. The largest absolute Gasteiger partial charge is 0.411 e. The standard InChI is InChI=1S/C27H32F2N4O3/c1-7-14(4)24(21(9-3)32-36)25(29)15(5)17(8-2)18-10-16-13-30-23(12-22(16)33(6)27(18)35)31-26(34)19-11-20(19)28/h8,10,12-13,19-20,36H,7,9,11H2,1-6H3,(H,30,31,34)/b17-8+,24-14+,25-15+,32-21+/t19-,20?/m0/s1. The Morgan fingerprint density at radius 3 is 2.50 bits per heavy atom. The van der Waals surface area contributed by atoms with Crippen LogP contribution in [0.4, 0.5) is 14.6 Å². The van der Waals surface area contributed by atoms with Crippen molar-refractivity contribution in [2.24, 2.45) is 18.1 Å². The first-order valence-corrected chi connectivity index (χ1v) is 12.0. The van der Waals surface area contributed by atoms with Crippen LogP contribution in [-0.2, 0) is 11.8 Å². The third kappa shape index (κ3) is 5.15. The molecule has 9 heteroatoms. The van der Waals surface area contributed by atoms with Gasteiger partial charge in [0, 0.05) is 35.8 Å².